The van der Waals surface area contributed by atoms with Crippen LogP contribution < -0.4 is 15.8 Å². The molecule has 0 spiro atoms. The molecule has 26 heavy (non-hydrogen) atoms. The Hall–Kier alpha value is -2.75. The number of rotatable bonds is 5. The minimum Gasteiger partial charge on any atom is -0.456 e. The molecule has 3 N–H and O–H groups in total. The standard InChI is InChI=1S/C18H12F2IN3O2/c19-10-7-15(24-14-2-1-11(21)9-13(14)20)17(18(22)25)16(8-10)26-12-3-5-23-6-4-12/h1-9,24H,(H2,22,25). The number of nitrogens with zero attached hydrogens (tertiary/aromatic N) is 1. The van der Waals surface area contributed by atoms with E-state index in [0.717, 1.165) is 12.1 Å². The molecule has 1 amide bonds. The molecular formula is C18H12F2IN3O2. The number of halogens is 3. The number of aromatic nitrogens is 1. The summed E-state index contributed by atoms with van der Waals surface area (Å²) >= 11 is 1.97. The highest BCUT2D eigenvalue weighted by molar-refractivity contribution is 14.1. The zero-order valence-electron chi connectivity index (χ0n) is 13.2. The summed E-state index contributed by atoms with van der Waals surface area (Å²) in [7, 11) is 0. The normalized spacial score (nSPS) is 10.4. The Labute approximate surface area is 161 Å². The number of anilines is 2. The van der Waals surface area contributed by atoms with Gasteiger partial charge in [0.1, 0.15) is 28.7 Å². The van der Waals surface area contributed by atoms with Gasteiger partial charge in [-0.2, -0.15) is 0 Å². The number of carbonyl (C=O) groups excluding carboxylic acids is 1. The molecule has 0 aliphatic carbocycles. The summed E-state index contributed by atoms with van der Waals surface area (Å²) in [6.45, 7) is 0. The Morgan fingerprint density at radius 2 is 1.81 bits per heavy atom. The lowest BCUT2D eigenvalue weighted by Gasteiger charge is -2.15. The molecule has 1 aromatic heterocycles. The van der Waals surface area contributed by atoms with Crippen LogP contribution in [-0.2, 0) is 0 Å². The van der Waals surface area contributed by atoms with Gasteiger partial charge in [0, 0.05) is 22.0 Å². The molecule has 0 unspecified atom stereocenters. The predicted octanol–water partition coefficient (Wildman–Crippen LogP) is 4.60. The predicted molar refractivity (Wildman–Crippen MR) is 102 cm³/mol. The average Bonchev–Trinajstić information content (AvgIpc) is 2.57. The van der Waals surface area contributed by atoms with Crippen LogP contribution in [0.15, 0.2) is 54.9 Å². The first-order chi connectivity index (χ1) is 12.4. The van der Waals surface area contributed by atoms with Crippen LogP contribution in [0.5, 0.6) is 11.5 Å². The van der Waals surface area contributed by atoms with Crippen molar-refractivity contribution in [3.8, 4) is 11.5 Å². The van der Waals surface area contributed by atoms with Gasteiger partial charge in [0.15, 0.2) is 0 Å². The van der Waals surface area contributed by atoms with Gasteiger partial charge in [-0.25, -0.2) is 8.78 Å². The quantitative estimate of drug-likeness (QED) is 0.538. The molecule has 0 radical (unpaired) electrons. The first-order valence-electron chi connectivity index (χ1n) is 7.37. The van der Waals surface area contributed by atoms with Gasteiger partial charge < -0.3 is 15.8 Å². The summed E-state index contributed by atoms with van der Waals surface area (Å²) in [5.41, 5.74) is 5.43. The van der Waals surface area contributed by atoms with Crippen molar-refractivity contribution >= 4 is 39.9 Å². The molecule has 132 valence electrons. The molecule has 0 saturated carbocycles. The minimum absolute atomic E-state index is 0.00154. The minimum atomic E-state index is -0.845. The lowest BCUT2D eigenvalue weighted by molar-refractivity contribution is 0.0999. The molecule has 0 bridgehead atoms. The number of carbonyl (C=O) groups is 1. The Kier molecular flexibility index (Phi) is 5.31. The Morgan fingerprint density at radius 1 is 1.08 bits per heavy atom. The van der Waals surface area contributed by atoms with Crippen molar-refractivity contribution in [3.63, 3.8) is 0 Å². The molecule has 3 rings (SSSR count). The van der Waals surface area contributed by atoms with E-state index in [9.17, 15) is 13.6 Å². The van der Waals surface area contributed by atoms with Crippen LogP contribution in [0.2, 0.25) is 0 Å². The third-order valence-corrected chi connectivity index (χ3v) is 4.06. The summed E-state index contributed by atoms with van der Waals surface area (Å²) in [6.07, 6.45) is 2.97. The maximum atomic E-state index is 14.1. The number of hydrogen-bond donors (Lipinski definition) is 2. The molecule has 3 aromatic rings. The van der Waals surface area contributed by atoms with Crippen molar-refractivity contribution in [1.82, 2.24) is 4.98 Å². The van der Waals surface area contributed by atoms with E-state index in [4.69, 9.17) is 10.5 Å². The maximum Gasteiger partial charge on any atom is 0.254 e. The monoisotopic (exact) mass is 467 g/mol. The maximum absolute atomic E-state index is 14.1. The number of amides is 1. The Balaban J connectivity index is 2.05. The number of primary amides is 1. The zero-order valence-corrected chi connectivity index (χ0v) is 15.3. The van der Waals surface area contributed by atoms with Gasteiger partial charge in [-0.1, -0.05) is 0 Å². The van der Waals surface area contributed by atoms with E-state index in [1.165, 1.54) is 24.5 Å². The second-order valence-electron chi connectivity index (χ2n) is 5.22. The average molecular weight is 467 g/mol. The van der Waals surface area contributed by atoms with Crippen molar-refractivity contribution in [1.29, 1.82) is 0 Å². The third-order valence-electron chi connectivity index (χ3n) is 3.39. The molecule has 0 aliphatic rings. The van der Waals surface area contributed by atoms with E-state index in [2.05, 4.69) is 10.3 Å². The van der Waals surface area contributed by atoms with Gasteiger partial charge in [-0.05, 0) is 59.0 Å². The molecule has 0 aliphatic heterocycles. The number of pyridine rings is 1. The molecule has 0 fully saturated rings. The van der Waals surface area contributed by atoms with E-state index in [0.29, 0.717) is 9.32 Å². The number of ether oxygens (including phenoxy) is 1. The lowest BCUT2D eigenvalue weighted by Crippen LogP contribution is -2.15. The molecule has 0 saturated heterocycles. The highest BCUT2D eigenvalue weighted by atomic mass is 127. The first-order valence-corrected chi connectivity index (χ1v) is 8.45. The van der Waals surface area contributed by atoms with Crippen LogP contribution in [0.25, 0.3) is 0 Å². The fourth-order valence-corrected chi connectivity index (χ4v) is 2.74. The fraction of sp³-hybridized carbons (Fsp3) is 0. The number of hydrogen-bond acceptors (Lipinski definition) is 4. The van der Waals surface area contributed by atoms with Crippen LogP contribution in [0.3, 0.4) is 0 Å². The van der Waals surface area contributed by atoms with Crippen molar-refractivity contribution in [2.45, 2.75) is 0 Å². The third kappa shape index (κ3) is 4.07. The summed E-state index contributed by atoms with van der Waals surface area (Å²) in [5, 5.41) is 2.70. The SMILES string of the molecule is NC(=O)c1c(Nc2ccc(I)cc2F)cc(F)cc1Oc1ccncc1. The van der Waals surface area contributed by atoms with Crippen LogP contribution in [0.4, 0.5) is 20.2 Å². The topological polar surface area (TPSA) is 77.2 Å². The molecule has 5 nitrogen and oxygen atoms in total. The number of nitrogens with one attached hydrogen (secondary N) is 1. The van der Waals surface area contributed by atoms with Crippen molar-refractivity contribution in [3.05, 3.63) is 75.6 Å². The van der Waals surface area contributed by atoms with Gasteiger partial charge in [-0.15, -0.1) is 0 Å². The molecular weight excluding hydrogens is 455 g/mol. The zero-order chi connectivity index (χ0) is 18.7. The number of nitrogens with two attached hydrogens (primary N) is 1. The highest BCUT2D eigenvalue weighted by Crippen LogP contribution is 2.34. The molecule has 2 aromatic carbocycles. The summed E-state index contributed by atoms with van der Waals surface area (Å²) in [5.74, 6) is -1.81. The summed E-state index contributed by atoms with van der Waals surface area (Å²) in [4.78, 5) is 15.8. The van der Waals surface area contributed by atoms with Gasteiger partial charge in [-0.3, -0.25) is 9.78 Å². The van der Waals surface area contributed by atoms with Crippen molar-refractivity contribution in [2.24, 2.45) is 5.73 Å². The van der Waals surface area contributed by atoms with E-state index in [1.54, 1.807) is 18.2 Å². The van der Waals surface area contributed by atoms with Crippen molar-refractivity contribution in [2.75, 3.05) is 5.32 Å². The van der Waals surface area contributed by atoms with E-state index < -0.39 is 17.5 Å². The Bertz CT molecular complexity index is 968. The van der Waals surface area contributed by atoms with Gasteiger partial charge in [0.25, 0.3) is 5.91 Å². The fourth-order valence-electron chi connectivity index (χ4n) is 2.28. The van der Waals surface area contributed by atoms with E-state index in [1.807, 2.05) is 22.6 Å². The summed E-state index contributed by atoms with van der Waals surface area (Å²) in [6, 6.07) is 9.64. The van der Waals surface area contributed by atoms with Crippen LogP contribution >= 0.6 is 22.6 Å². The molecule has 8 heteroatoms. The number of benzene rings is 2. The largest absolute Gasteiger partial charge is 0.456 e. The smallest absolute Gasteiger partial charge is 0.254 e. The van der Waals surface area contributed by atoms with E-state index in [-0.39, 0.29) is 22.7 Å². The first kappa shape index (κ1) is 18.1. The van der Waals surface area contributed by atoms with Gasteiger partial charge >= 0.3 is 0 Å². The van der Waals surface area contributed by atoms with Gasteiger partial charge in [0.2, 0.25) is 0 Å². The van der Waals surface area contributed by atoms with Gasteiger partial charge in [0.05, 0.1) is 11.4 Å². The highest BCUT2D eigenvalue weighted by Gasteiger charge is 2.19. The second kappa shape index (κ2) is 7.65. The Morgan fingerprint density at radius 3 is 2.46 bits per heavy atom. The van der Waals surface area contributed by atoms with Crippen molar-refractivity contribution < 1.29 is 18.3 Å². The second-order valence-corrected chi connectivity index (χ2v) is 6.47. The molecule has 0 atom stereocenters. The molecule has 1 heterocycles. The van der Waals surface area contributed by atoms with Crippen LogP contribution in [0, 0.1) is 15.2 Å². The van der Waals surface area contributed by atoms with Crippen LogP contribution in [0.1, 0.15) is 10.4 Å². The van der Waals surface area contributed by atoms with E-state index >= 15 is 0 Å². The van der Waals surface area contributed by atoms with Crippen LogP contribution in [-0.4, -0.2) is 10.9 Å². The summed E-state index contributed by atoms with van der Waals surface area (Å²) < 4.78 is 34.4. The lowest BCUT2D eigenvalue weighted by atomic mass is 10.1.